The fraction of sp³-hybridized carbons (Fsp3) is 0.125. The molecular weight excluding hydrogens is 302 g/mol. The van der Waals surface area contributed by atoms with E-state index >= 15 is 0 Å². The van der Waals surface area contributed by atoms with Crippen molar-refractivity contribution in [3.63, 3.8) is 0 Å². The number of halogens is 2. The highest BCUT2D eigenvalue weighted by atomic mass is 79.9. The van der Waals surface area contributed by atoms with Crippen LogP contribution in [0.1, 0.15) is 10.4 Å². The van der Waals surface area contributed by atoms with Crippen LogP contribution in [0, 0.1) is 0 Å². The maximum atomic E-state index is 10.7. The lowest BCUT2D eigenvalue weighted by atomic mass is 10.2. The first kappa shape index (κ1) is 12.4. The molecule has 0 bridgehead atoms. The molecule has 72 valence electrons. The molecule has 0 saturated carbocycles. The third-order valence-corrected chi connectivity index (χ3v) is 1.85. The molecule has 0 spiro atoms. The summed E-state index contributed by atoms with van der Waals surface area (Å²) in [6.07, 6.45) is 0. The highest BCUT2D eigenvalue weighted by Gasteiger charge is 2.10. The van der Waals surface area contributed by atoms with Gasteiger partial charge in [0.25, 0.3) is 0 Å². The van der Waals surface area contributed by atoms with Crippen LogP contribution in [-0.2, 0) is 0 Å². The largest absolute Gasteiger partial charge is 0.478 e. The predicted molar refractivity (Wildman–Crippen MR) is 61.1 cm³/mol. The maximum absolute atomic E-state index is 10.7. The molecule has 0 aliphatic rings. The Balaban J connectivity index is 0.00000144. The molecule has 0 heterocycles. The first-order valence-corrected chi connectivity index (χ1v) is 4.05. The minimum absolute atomic E-state index is 0. The lowest BCUT2D eigenvalue weighted by molar-refractivity contribution is 0.0698. The van der Waals surface area contributed by atoms with Gasteiger partial charge >= 0.3 is 5.97 Å². The Bertz CT molecular complexity index is 302. The number of carbonyl (C=O) groups is 1. The van der Waals surface area contributed by atoms with Crippen LogP contribution in [0.5, 0.6) is 0 Å². The summed E-state index contributed by atoms with van der Waals surface area (Å²) in [5, 5.41) is 8.77. The zero-order chi connectivity index (χ0) is 9.14. The average Bonchev–Trinajstić information content (AvgIpc) is 2.04. The zero-order valence-electron chi connectivity index (χ0n) is 6.90. The number of carboxylic acid groups (broad SMARTS) is 1. The molecule has 0 aromatic heterocycles. The van der Waals surface area contributed by atoms with Gasteiger partial charge in [0.1, 0.15) is 0 Å². The van der Waals surface area contributed by atoms with E-state index in [1.54, 1.807) is 35.2 Å². The van der Waals surface area contributed by atoms with Crippen LogP contribution in [0.2, 0.25) is 0 Å². The maximum Gasteiger partial charge on any atom is 0.337 e. The van der Waals surface area contributed by atoms with Crippen molar-refractivity contribution >= 4 is 44.8 Å². The summed E-state index contributed by atoms with van der Waals surface area (Å²) in [6.45, 7) is 0. The third kappa shape index (κ3) is 3.00. The molecular formula is C8H9Br2NO2. The minimum Gasteiger partial charge on any atom is -0.478 e. The fourth-order valence-electron chi connectivity index (χ4n) is 0.923. The average molecular weight is 311 g/mol. The van der Waals surface area contributed by atoms with E-state index in [-0.39, 0.29) is 22.5 Å². The number of aromatic carboxylic acids is 1. The van der Waals surface area contributed by atoms with Gasteiger partial charge in [-0.1, -0.05) is 12.1 Å². The van der Waals surface area contributed by atoms with Crippen molar-refractivity contribution in [2.24, 2.45) is 0 Å². The van der Waals surface area contributed by atoms with Crippen molar-refractivity contribution in [2.45, 2.75) is 0 Å². The summed E-state index contributed by atoms with van der Waals surface area (Å²) in [6, 6.07) is 6.79. The Morgan fingerprint density at radius 2 is 2.00 bits per heavy atom. The van der Waals surface area contributed by atoms with Crippen LogP contribution in [0.3, 0.4) is 0 Å². The Kier molecular flexibility index (Phi) is 5.02. The molecule has 0 amide bonds. The van der Waals surface area contributed by atoms with Crippen molar-refractivity contribution < 1.29 is 9.90 Å². The number of nitrogens with zero attached hydrogens (tertiary/aromatic N) is 1. The number of benzene rings is 1. The second-order valence-electron chi connectivity index (χ2n) is 2.30. The molecule has 13 heavy (non-hydrogen) atoms. The number of hydrogen-bond acceptors (Lipinski definition) is 2. The van der Waals surface area contributed by atoms with E-state index in [1.165, 1.54) is 0 Å². The van der Waals surface area contributed by atoms with Gasteiger partial charge < -0.3 is 9.03 Å². The molecule has 3 nitrogen and oxygen atoms in total. The van der Waals surface area contributed by atoms with Gasteiger partial charge in [0.2, 0.25) is 0 Å². The van der Waals surface area contributed by atoms with Gasteiger partial charge in [-0.3, -0.25) is 0 Å². The minimum atomic E-state index is -0.920. The molecule has 1 rings (SSSR count). The van der Waals surface area contributed by atoms with Crippen molar-refractivity contribution in [1.82, 2.24) is 0 Å². The molecule has 0 aliphatic heterocycles. The fourth-order valence-corrected chi connectivity index (χ4v) is 1.23. The van der Waals surface area contributed by atoms with Gasteiger partial charge in [0.15, 0.2) is 0 Å². The normalized spacial score (nSPS) is 8.77. The Morgan fingerprint density at radius 3 is 2.38 bits per heavy atom. The first-order chi connectivity index (χ1) is 5.63. The quantitative estimate of drug-likeness (QED) is 0.854. The summed E-state index contributed by atoms with van der Waals surface area (Å²) >= 11 is 3.17. The summed E-state index contributed by atoms with van der Waals surface area (Å²) in [5.41, 5.74) is 0.932. The topological polar surface area (TPSA) is 40.5 Å². The van der Waals surface area contributed by atoms with Crippen LogP contribution in [-0.4, -0.2) is 18.1 Å². The Hall–Kier alpha value is -0.550. The SMILES string of the molecule is Br.CN(Br)c1ccccc1C(=O)O. The lowest BCUT2D eigenvalue weighted by Crippen LogP contribution is -2.07. The Morgan fingerprint density at radius 1 is 1.46 bits per heavy atom. The van der Waals surface area contributed by atoms with E-state index in [0.717, 1.165) is 0 Å². The second-order valence-corrected chi connectivity index (χ2v) is 3.36. The molecule has 0 aliphatic carbocycles. The summed E-state index contributed by atoms with van der Waals surface area (Å²) in [7, 11) is 1.74. The Labute approximate surface area is 95.5 Å². The standard InChI is InChI=1S/C8H8BrNO2.BrH/c1-10(9)7-5-3-2-4-6(7)8(11)12;/h2-5H,1H3,(H,11,12);1H. The van der Waals surface area contributed by atoms with Crippen molar-refractivity contribution in [1.29, 1.82) is 0 Å². The van der Waals surface area contributed by atoms with Gasteiger partial charge in [0, 0.05) is 23.2 Å². The predicted octanol–water partition coefficient (Wildman–Crippen LogP) is 2.71. The van der Waals surface area contributed by atoms with Crippen molar-refractivity contribution in [3.8, 4) is 0 Å². The number of anilines is 1. The number of rotatable bonds is 2. The number of para-hydroxylation sites is 1. The van der Waals surface area contributed by atoms with Crippen LogP contribution >= 0.6 is 33.1 Å². The molecule has 1 aromatic carbocycles. The summed E-state index contributed by atoms with van der Waals surface area (Å²) < 4.78 is 1.59. The second kappa shape index (κ2) is 5.24. The van der Waals surface area contributed by atoms with E-state index < -0.39 is 5.97 Å². The monoisotopic (exact) mass is 309 g/mol. The van der Waals surface area contributed by atoms with E-state index in [2.05, 4.69) is 16.1 Å². The molecule has 0 unspecified atom stereocenters. The van der Waals surface area contributed by atoms with Crippen LogP contribution in [0.15, 0.2) is 24.3 Å². The van der Waals surface area contributed by atoms with E-state index in [9.17, 15) is 4.79 Å². The highest BCUT2D eigenvalue weighted by molar-refractivity contribution is 9.10. The van der Waals surface area contributed by atoms with Gasteiger partial charge in [0.05, 0.1) is 11.3 Å². The van der Waals surface area contributed by atoms with Gasteiger partial charge in [-0.05, 0) is 12.1 Å². The molecule has 0 saturated heterocycles. The van der Waals surface area contributed by atoms with Crippen LogP contribution < -0.4 is 3.93 Å². The lowest BCUT2D eigenvalue weighted by Gasteiger charge is -2.11. The molecule has 0 fully saturated rings. The third-order valence-electron chi connectivity index (χ3n) is 1.47. The highest BCUT2D eigenvalue weighted by Crippen LogP contribution is 2.20. The van der Waals surface area contributed by atoms with Gasteiger partial charge in [-0.2, -0.15) is 0 Å². The van der Waals surface area contributed by atoms with Crippen LogP contribution in [0.4, 0.5) is 5.69 Å². The van der Waals surface area contributed by atoms with E-state index in [0.29, 0.717) is 5.69 Å². The molecule has 1 N–H and O–H groups in total. The molecule has 0 atom stereocenters. The zero-order valence-corrected chi connectivity index (χ0v) is 10.2. The van der Waals surface area contributed by atoms with Gasteiger partial charge in [-0.15, -0.1) is 17.0 Å². The smallest absolute Gasteiger partial charge is 0.337 e. The molecule has 5 heteroatoms. The molecule has 0 radical (unpaired) electrons. The number of carboxylic acids is 1. The molecule has 1 aromatic rings. The van der Waals surface area contributed by atoms with Crippen molar-refractivity contribution in [3.05, 3.63) is 29.8 Å². The van der Waals surface area contributed by atoms with Gasteiger partial charge in [-0.25, -0.2) is 4.79 Å². The van der Waals surface area contributed by atoms with E-state index in [1.807, 2.05) is 0 Å². The number of hydrogen-bond donors (Lipinski definition) is 1. The van der Waals surface area contributed by atoms with E-state index in [4.69, 9.17) is 5.11 Å². The first-order valence-electron chi connectivity index (χ1n) is 3.34. The summed E-state index contributed by atoms with van der Waals surface area (Å²) in [4.78, 5) is 10.7. The van der Waals surface area contributed by atoms with Crippen molar-refractivity contribution in [2.75, 3.05) is 11.0 Å². The van der Waals surface area contributed by atoms with Crippen LogP contribution in [0.25, 0.3) is 0 Å². The summed E-state index contributed by atoms with van der Waals surface area (Å²) in [5.74, 6) is -0.920.